The van der Waals surface area contributed by atoms with Gasteiger partial charge in [-0.2, -0.15) is 5.10 Å². The van der Waals surface area contributed by atoms with Gasteiger partial charge in [0.15, 0.2) is 5.76 Å². The fourth-order valence-corrected chi connectivity index (χ4v) is 2.96. The predicted molar refractivity (Wildman–Crippen MR) is 103 cm³/mol. The predicted octanol–water partition coefficient (Wildman–Crippen LogP) is 3.79. The van der Waals surface area contributed by atoms with Crippen LogP contribution in [0.25, 0.3) is 0 Å². The first-order valence-electron chi connectivity index (χ1n) is 8.87. The second-order valence-electron chi connectivity index (χ2n) is 6.82. The summed E-state index contributed by atoms with van der Waals surface area (Å²) in [6.07, 6.45) is 1.78. The summed E-state index contributed by atoms with van der Waals surface area (Å²) >= 11 is 0. The molecule has 0 saturated heterocycles. The summed E-state index contributed by atoms with van der Waals surface area (Å²) in [4.78, 5) is 14.3. The van der Waals surface area contributed by atoms with E-state index in [2.05, 4.69) is 5.10 Å². The van der Waals surface area contributed by atoms with Crippen molar-refractivity contribution in [2.24, 2.45) is 7.05 Å². The summed E-state index contributed by atoms with van der Waals surface area (Å²) in [5.41, 5.74) is 4.20. The third kappa shape index (κ3) is 4.05. The fraction of sp³-hybridized carbons (Fsp3) is 0.333. The summed E-state index contributed by atoms with van der Waals surface area (Å²) in [6, 6.07) is 9.49. The van der Waals surface area contributed by atoms with Crippen LogP contribution in [-0.2, 0) is 20.2 Å². The average Bonchev–Trinajstić information content (AvgIpc) is 3.23. The van der Waals surface area contributed by atoms with Gasteiger partial charge in [0.25, 0.3) is 5.91 Å². The maximum absolute atomic E-state index is 12.6. The Labute approximate surface area is 159 Å². The molecule has 0 N–H and O–H groups in total. The molecular formula is C21H25N3O3. The molecule has 2 heterocycles. The molecule has 1 aromatic carbocycles. The number of benzene rings is 1. The average molecular weight is 367 g/mol. The van der Waals surface area contributed by atoms with Gasteiger partial charge in [-0.3, -0.25) is 9.48 Å². The van der Waals surface area contributed by atoms with Crippen molar-refractivity contribution in [2.75, 3.05) is 7.05 Å². The smallest absolute Gasteiger partial charge is 0.289 e. The number of hydrogen-bond acceptors (Lipinski definition) is 4. The Kier molecular flexibility index (Phi) is 5.35. The standard InChI is InChI=1S/C21H25N3O3/c1-14-7-6-8-15(2)20(14)26-13-18-9-10-19(27-18)21(25)23(4)12-17-11-22-24(5)16(17)3/h6-11H,12-13H2,1-5H3. The van der Waals surface area contributed by atoms with Crippen LogP contribution in [0, 0.1) is 20.8 Å². The van der Waals surface area contributed by atoms with E-state index in [9.17, 15) is 4.79 Å². The Bertz CT molecular complexity index is 935. The van der Waals surface area contributed by atoms with Crippen molar-refractivity contribution in [1.29, 1.82) is 0 Å². The van der Waals surface area contributed by atoms with E-state index in [1.54, 1.807) is 35.0 Å². The van der Waals surface area contributed by atoms with Crippen LogP contribution >= 0.6 is 0 Å². The van der Waals surface area contributed by atoms with Crippen LogP contribution < -0.4 is 4.74 Å². The van der Waals surface area contributed by atoms with E-state index in [1.807, 2.05) is 46.0 Å². The second-order valence-corrected chi connectivity index (χ2v) is 6.82. The molecule has 3 aromatic rings. The van der Waals surface area contributed by atoms with Crippen LogP contribution in [0.5, 0.6) is 5.75 Å². The lowest BCUT2D eigenvalue weighted by molar-refractivity contribution is 0.0749. The van der Waals surface area contributed by atoms with E-state index in [0.29, 0.717) is 18.1 Å². The molecule has 1 amide bonds. The van der Waals surface area contributed by atoms with Crippen molar-refractivity contribution in [3.05, 3.63) is 70.4 Å². The Morgan fingerprint density at radius 2 is 1.89 bits per heavy atom. The van der Waals surface area contributed by atoms with E-state index in [4.69, 9.17) is 9.15 Å². The zero-order chi connectivity index (χ0) is 19.6. The maximum Gasteiger partial charge on any atom is 0.289 e. The van der Waals surface area contributed by atoms with E-state index in [-0.39, 0.29) is 12.5 Å². The molecule has 27 heavy (non-hydrogen) atoms. The largest absolute Gasteiger partial charge is 0.485 e. The first-order chi connectivity index (χ1) is 12.9. The van der Waals surface area contributed by atoms with Gasteiger partial charge in [-0.25, -0.2) is 0 Å². The van der Waals surface area contributed by atoms with Crippen LogP contribution in [0.2, 0.25) is 0 Å². The van der Waals surface area contributed by atoms with Gasteiger partial charge >= 0.3 is 0 Å². The monoisotopic (exact) mass is 367 g/mol. The zero-order valence-electron chi connectivity index (χ0n) is 16.4. The normalized spacial score (nSPS) is 10.9. The molecule has 0 radical (unpaired) electrons. The first kappa shape index (κ1) is 18.8. The molecule has 0 aliphatic rings. The second kappa shape index (κ2) is 7.70. The molecule has 0 spiro atoms. The minimum absolute atomic E-state index is 0.170. The molecule has 6 nitrogen and oxygen atoms in total. The lowest BCUT2D eigenvalue weighted by Gasteiger charge is -2.15. The highest BCUT2D eigenvalue weighted by molar-refractivity contribution is 5.91. The molecule has 0 atom stereocenters. The molecular weight excluding hydrogens is 342 g/mol. The minimum Gasteiger partial charge on any atom is -0.485 e. The number of amides is 1. The molecule has 0 aliphatic carbocycles. The maximum atomic E-state index is 12.6. The number of carbonyl (C=O) groups excluding carboxylic acids is 1. The lowest BCUT2D eigenvalue weighted by atomic mass is 10.1. The highest BCUT2D eigenvalue weighted by Crippen LogP contribution is 2.24. The molecule has 0 saturated carbocycles. The fourth-order valence-electron chi connectivity index (χ4n) is 2.96. The summed E-state index contributed by atoms with van der Waals surface area (Å²) in [7, 11) is 3.64. The van der Waals surface area contributed by atoms with Gasteiger partial charge in [-0.1, -0.05) is 18.2 Å². The molecule has 2 aromatic heterocycles. The van der Waals surface area contributed by atoms with Gasteiger partial charge in [-0.05, 0) is 44.0 Å². The van der Waals surface area contributed by atoms with Crippen LogP contribution in [0.1, 0.15) is 38.7 Å². The Hall–Kier alpha value is -3.02. The summed E-state index contributed by atoms with van der Waals surface area (Å²) in [6.45, 7) is 6.76. The first-order valence-corrected chi connectivity index (χ1v) is 8.87. The van der Waals surface area contributed by atoms with Gasteiger partial charge in [0, 0.05) is 31.9 Å². The number of nitrogens with zero attached hydrogens (tertiary/aromatic N) is 3. The third-order valence-electron chi connectivity index (χ3n) is 4.73. The van der Waals surface area contributed by atoms with Crippen molar-refractivity contribution in [2.45, 2.75) is 33.9 Å². The van der Waals surface area contributed by atoms with Gasteiger partial charge in [0.2, 0.25) is 0 Å². The Balaban J connectivity index is 1.64. The number of rotatable bonds is 6. The third-order valence-corrected chi connectivity index (χ3v) is 4.73. The summed E-state index contributed by atoms with van der Waals surface area (Å²) in [5.74, 6) is 1.61. The van der Waals surface area contributed by atoms with E-state index in [1.165, 1.54) is 0 Å². The quantitative estimate of drug-likeness (QED) is 0.665. The van der Waals surface area contributed by atoms with Gasteiger partial charge in [0.1, 0.15) is 18.1 Å². The number of aryl methyl sites for hydroxylation is 3. The highest BCUT2D eigenvalue weighted by atomic mass is 16.5. The number of aromatic nitrogens is 2. The van der Waals surface area contributed by atoms with E-state index in [0.717, 1.165) is 28.1 Å². The lowest BCUT2D eigenvalue weighted by Crippen LogP contribution is -2.26. The van der Waals surface area contributed by atoms with Gasteiger partial charge in [0.05, 0.1) is 6.20 Å². The van der Waals surface area contributed by atoms with E-state index >= 15 is 0 Å². The summed E-state index contributed by atoms with van der Waals surface area (Å²) < 4.78 is 13.4. The molecule has 3 rings (SSSR count). The molecule has 0 aliphatic heterocycles. The Morgan fingerprint density at radius 1 is 1.19 bits per heavy atom. The van der Waals surface area contributed by atoms with Crippen LogP contribution in [-0.4, -0.2) is 27.6 Å². The topological polar surface area (TPSA) is 60.5 Å². The molecule has 142 valence electrons. The van der Waals surface area contributed by atoms with Crippen LogP contribution in [0.15, 0.2) is 40.9 Å². The van der Waals surface area contributed by atoms with E-state index < -0.39 is 0 Å². The SMILES string of the molecule is Cc1cccc(C)c1OCc1ccc(C(=O)N(C)Cc2cnn(C)c2C)o1. The molecule has 0 bridgehead atoms. The van der Waals surface area contributed by atoms with Crippen molar-refractivity contribution < 1.29 is 13.9 Å². The van der Waals surface area contributed by atoms with Crippen LogP contribution in [0.3, 0.4) is 0 Å². The molecule has 0 fully saturated rings. The van der Waals surface area contributed by atoms with Crippen LogP contribution in [0.4, 0.5) is 0 Å². The number of para-hydroxylation sites is 1. The molecule has 6 heteroatoms. The molecule has 0 unspecified atom stereocenters. The number of ether oxygens (including phenoxy) is 1. The zero-order valence-corrected chi connectivity index (χ0v) is 16.4. The Morgan fingerprint density at radius 3 is 2.52 bits per heavy atom. The van der Waals surface area contributed by atoms with Crippen molar-refractivity contribution >= 4 is 5.91 Å². The van der Waals surface area contributed by atoms with Crippen molar-refractivity contribution in [3.8, 4) is 5.75 Å². The highest BCUT2D eigenvalue weighted by Gasteiger charge is 2.18. The minimum atomic E-state index is -0.170. The number of hydrogen-bond donors (Lipinski definition) is 0. The van der Waals surface area contributed by atoms with Gasteiger partial charge in [-0.15, -0.1) is 0 Å². The summed E-state index contributed by atoms with van der Waals surface area (Å²) in [5, 5.41) is 4.21. The number of carbonyl (C=O) groups is 1. The van der Waals surface area contributed by atoms with Crippen molar-refractivity contribution in [3.63, 3.8) is 0 Å². The number of furan rings is 1. The van der Waals surface area contributed by atoms with Gasteiger partial charge < -0.3 is 14.1 Å². The van der Waals surface area contributed by atoms with Crippen molar-refractivity contribution in [1.82, 2.24) is 14.7 Å².